The molecule has 0 bridgehead atoms. The molecule has 7 nitrogen and oxygen atoms in total. The minimum absolute atomic E-state index is 0.173. The van der Waals surface area contributed by atoms with Crippen LogP contribution in [0.25, 0.3) is 0 Å². The average Bonchev–Trinajstić information content (AvgIpc) is 2.90. The second-order valence-electron chi connectivity index (χ2n) is 4.39. The highest BCUT2D eigenvalue weighted by atomic mass is 16.4. The van der Waals surface area contributed by atoms with Gasteiger partial charge in [-0.25, -0.2) is 4.79 Å². The highest BCUT2D eigenvalue weighted by Gasteiger charge is 2.22. The molecule has 1 fully saturated rings. The van der Waals surface area contributed by atoms with E-state index in [-0.39, 0.29) is 5.91 Å². The second kappa shape index (κ2) is 5.52. The summed E-state index contributed by atoms with van der Waals surface area (Å²) >= 11 is 0. The first-order chi connectivity index (χ1) is 8.66. The fraction of sp³-hybridized carbons (Fsp3) is 0.545. The van der Waals surface area contributed by atoms with Crippen LogP contribution in [0.5, 0.6) is 0 Å². The monoisotopic (exact) mass is 252 g/mol. The molecule has 2 rings (SSSR count). The number of nitrogens with one attached hydrogen (secondary N) is 2. The van der Waals surface area contributed by atoms with Crippen LogP contribution < -0.4 is 5.32 Å². The summed E-state index contributed by atoms with van der Waals surface area (Å²) in [5.41, 5.74) is 0.443. The molecule has 0 unspecified atom stereocenters. The van der Waals surface area contributed by atoms with Crippen molar-refractivity contribution in [2.45, 2.75) is 12.8 Å². The van der Waals surface area contributed by atoms with Crippen molar-refractivity contribution in [3.05, 3.63) is 18.0 Å². The molecule has 2 amide bonds. The van der Waals surface area contributed by atoms with Crippen molar-refractivity contribution in [3.8, 4) is 0 Å². The SMILES string of the molecule is O=C(NCC1CCN(C(=O)O)CC1)c1ccn[nH]1. The van der Waals surface area contributed by atoms with E-state index in [1.165, 1.54) is 11.1 Å². The van der Waals surface area contributed by atoms with E-state index < -0.39 is 6.09 Å². The largest absolute Gasteiger partial charge is 0.465 e. The Morgan fingerprint density at radius 3 is 2.78 bits per heavy atom. The zero-order valence-corrected chi connectivity index (χ0v) is 9.93. The summed E-state index contributed by atoms with van der Waals surface area (Å²) in [6.45, 7) is 1.66. The first-order valence-corrected chi connectivity index (χ1v) is 5.92. The van der Waals surface area contributed by atoms with Crippen molar-refractivity contribution in [1.29, 1.82) is 0 Å². The molecular formula is C11H16N4O3. The second-order valence-corrected chi connectivity index (χ2v) is 4.39. The number of likely N-dealkylation sites (tertiary alicyclic amines) is 1. The minimum Gasteiger partial charge on any atom is -0.465 e. The van der Waals surface area contributed by atoms with Gasteiger partial charge in [-0.05, 0) is 24.8 Å². The van der Waals surface area contributed by atoms with Gasteiger partial charge in [0.15, 0.2) is 0 Å². The highest BCUT2D eigenvalue weighted by molar-refractivity contribution is 5.92. The number of aromatic nitrogens is 2. The molecule has 0 atom stereocenters. The van der Waals surface area contributed by atoms with Crippen LogP contribution in [0.3, 0.4) is 0 Å². The molecule has 0 aliphatic carbocycles. The predicted octanol–water partition coefficient (Wildman–Crippen LogP) is 0.529. The Morgan fingerprint density at radius 2 is 2.22 bits per heavy atom. The summed E-state index contributed by atoms with van der Waals surface area (Å²) in [5.74, 6) is 0.167. The van der Waals surface area contributed by atoms with Gasteiger partial charge in [0, 0.05) is 25.8 Å². The van der Waals surface area contributed by atoms with E-state index in [2.05, 4.69) is 15.5 Å². The zero-order chi connectivity index (χ0) is 13.0. The summed E-state index contributed by atoms with van der Waals surface area (Å²) in [6.07, 6.45) is 2.24. The van der Waals surface area contributed by atoms with Crippen LogP contribution in [0.2, 0.25) is 0 Å². The summed E-state index contributed by atoms with van der Waals surface area (Å²) in [7, 11) is 0. The molecule has 2 heterocycles. The number of carboxylic acid groups (broad SMARTS) is 1. The molecule has 1 saturated heterocycles. The minimum atomic E-state index is -0.866. The van der Waals surface area contributed by atoms with E-state index in [4.69, 9.17) is 5.11 Å². The lowest BCUT2D eigenvalue weighted by Crippen LogP contribution is -2.40. The molecular weight excluding hydrogens is 236 g/mol. The van der Waals surface area contributed by atoms with Crippen LogP contribution in [-0.4, -0.2) is 51.8 Å². The number of piperidine rings is 1. The van der Waals surface area contributed by atoms with Crippen molar-refractivity contribution < 1.29 is 14.7 Å². The van der Waals surface area contributed by atoms with Crippen LogP contribution >= 0.6 is 0 Å². The van der Waals surface area contributed by atoms with Crippen LogP contribution in [0.4, 0.5) is 4.79 Å². The number of H-pyrrole nitrogens is 1. The molecule has 18 heavy (non-hydrogen) atoms. The molecule has 0 radical (unpaired) electrons. The van der Waals surface area contributed by atoms with Gasteiger partial charge in [-0.1, -0.05) is 0 Å². The number of carbonyl (C=O) groups excluding carboxylic acids is 1. The quantitative estimate of drug-likeness (QED) is 0.730. The first kappa shape index (κ1) is 12.4. The van der Waals surface area contributed by atoms with Crippen molar-refractivity contribution in [2.24, 2.45) is 5.92 Å². The van der Waals surface area contributed by atoms with Crippen LogP contribution in [0, 0.1) is 5.92 Å². The fourth-order valence-electron chi connectivity index (χ4n) is 2.04. The molecule has 1 aromatic rings. The lowest BCUT2D eigenvalue weighted by Gasteiger charge is -2.29. The maximum Gasteiger partial charge on any atom is 0.407 e. The van der Waals surface area contributed by atoms with Gasteiger partial charge in [-0.2, -0.15) is 5.10 Å². The van der Waals surface area contributed by atoms with Gasteiger partial charge in [0.05, 0.1) is 0 Å². The number of hydrogen-bond acceptors (Lipinski definition) is 3. The van der Waals surface area contributed by atoms with E-state index in [1.807, 2.05) is 0 Å². The average molecular weight is 252 g/mol. The number of aromatic amines is 1. The number of nitrogens with zero attached hydrogens (tertiary/aromatic N) is 2. The van der Waals surface area contributed by atoms with E-state index in [0.717, 1.165) is 12.8 Å². The topological polar surface area (TPSA) is 98.3 Å². The third kappa shape index (κ3) is 2.99. The van der Waals surface area contributed by atoms with Crippen molar-refractivity contribution in [2.75, 3.05) is 19.6 Å². The Morgan fingerprint density at radius 1 is 1.50 bits per heavy atom. The Labute approximate surface area is 104 Å². The molecule has 3 N–H and O–H groups in total. The van der Waals surface area contributed by atoms with Crippen molar-refractivity contribution in [1.82, 2.24) is 20.4 Å². The molecule has 1 aromatic heterocycles. The molecule has 0 spiro atoms. The van der Waals surface area contributed by atoms with Gasteiger partial charge in [-0.3, -0.25) is 9.89 Å². The predicted molar refractivity (Wildman–Crippen MR) is 63.2 cm³/mol. The normalized spacial score (nSPS) is 16.6. The summed E-state index contributed by atoms with van der Waals surface area (Å²) in [4.78, 5) is 23.8. The Hall–Kier alpha value is -2.05. The summed E-state index contributed by atoms with van der Waals surface area (Å²) in [5, 5.41) is 17.9. The molecule has 98 valence electrons. The van der Waals surface area contributed by atoms with Crippen molar-refractivity contribution >= 4 is 12.0 Å². The summed E-state index contributed by atoms with van der Waals surface area (Å²) in [6, 6.07) is 1.61. The Balaban J connectivity index is 1.72. The zero-order valence-electron chi connectivity index (χ0n) is 9.93. The summed E-state index contributed by atoms with van der Waals surface area (Å²) < 4.78 is 0. The third-order valence-corrected chi connectivity index (χ3v) is 3.18. The Kier molecular flexibility index (Phi) is 3.81. The smallest absolute Gasteiger partial charge is 0.407 e. The maximum atomic E-state index is 11.6. The van der Waals surface area contributed by atoms with Crippen LogP contribution in [0.15, 0.2) is 12.3 Å². The number of hydrogen-bond donors (Lipinski definition) is 3. The van der Waals surface area contributed by atoms with Gasteiger partial charge in [-0.15, -0.1) is 0 Å². The number of amides is 2. The van der Waals surface area contributed by atoms with Gasteiger partial charge >= 0.3 is 6.09 Å². The molecule has 7 heteroatoms. The lowest BCUT2D eigenvalue weighted by atomic mass is 9.97. The van der Waals surface area contributed by atoms with Gasteiger partial charge in [0.2, 0.25) is 0 Å². The van der Waals surface area contributed by atoms with E-state index >= 15 is 0 Å². The lowest BCUT2D eigenvalue weighted by molar-refractivity contribution is 0.0924. The third-order valence-electron chi connectivity index (χ3n) is 3.18. The van der Waals surface area contributed by atoms with E-state index in [9.17, 15) is 9.59 Å². The molecule has 1 aliphatic heterocycles. The number of rotatable bonds is 3. The molecule has 0 saturated carbocycles. The maximum absolute atomic E-state index is 11.6. The number of carbonyl (C=O) groups is 2. The van der Waals surface area contributed by atoms with Crippen LogP contribution in [0.1, 0.15) is 23.3 Å². The molecule has 1 aliphatic rings. The standard InChI is InChI=1S/C11H16N4O3/c16-10(9-1-4-13-14-9)12-7-8-2-5-15(6-3-8)11(17)18/h1,4,8H,2-3,5-7H2,(H,12,16)(H,13,14)(H,17,18). The fourth-order valence-corrected chi connectivity index (χ4v) is 2.04. The van der Waals surface area contributed by atoms with Gasteiger partial charge in [0.25, 0.3) is 5.91 Å². The van der Waals surface area contributed by atoms with Gasteiger partial charge in [0.1, 0.15) is 5.69 Å². The van der Waals surface area contributed by atoms with E-state index in [1.54, 1.807) is 6.07 Å². The molecule has 0 aromatic carbocycles. The first-order valence-electron chi connectivity index (χ1n) is 5.92. The van der Waals surface area contributed by atoms with Crippen molar-refractivity contribution in [3.63, 3.8) is 0 Å². The Bertz CT molecular complexity index is 410. The van der Waals surface area contributed by atoms with E-state index in [0.29, 0.717) is 31.2 Å². The highest BCUT2D eigenvalue weighted by Crippen LogP contribution is 2.16. The van der Waals surface area contributed by atoms with Gasteiger partial charge < -0.3 is 15.3 Å². The van der Waals surface area contributed by atoms with Crippen LogP contribution in [-0.2, 0) is 0 Å².